The molecule has 30 heavy (non-hydrogen) atoms. The number of hydrogen-bond acceptors (Lipinski definition) is 4. The van der Waals surface area contributed by atoms with Crippen molar-refractivity contribution in [1.29, 1.82) is 0 Å². The van der Waals surface area contributed by atoms with Crippen LogP contribution in [0.2, 0.25) is 0 Å². The molecule has 4 rings (SSSR count). The Balaban J connectivity index is 1.54. The third-order valence-corrected chi connectivity index (χ3v) is 8.15. The number of carbonyl (C=O) groups excluding carboxylic acids is 1. The molecule has 2 aliphatic heterocycles. The number of sulfonamides is 1. The number of nitrogens with zero attached hydrogens (tertiary/aromatic N) is 2. The molecule has 1 atom stereocenters. The van der Waals surface area contributed by atoms with E-state index in [0.29, 0.717) is 37.2 Å². The molecule has 1 spiro atoms. The number of hydrogen-bond donors (Lipinski definition) is 0. The van der Waals surface area contributed by atoms with Gasteiger partial charge in [0, 0.05) is 52.4 Å². The molecule has 0 bridgehead atoms. The van der Waals surface area contributed by atoms with Gasteiger partial charge in [-0.2, -0.15) is 4.31 Å². The molecule has 0 aromatic heterocycles. The van der Waals surface area contributed by atoms with Crippen molar-refractivity contribution in [2.24, 2.45) is 0 Å². The zero-order chi connectivity index (χ0) is 21.4. The van der Waals surface area contributed by atoms with Crippen LogP contribution in [-0.2, 0) is 14.8 Å². The van der Waals surface area contributed by atoms with Crippen LogP contribution >= 0.6 is 0 Å². The van der Waals surface area contributed by atoms with E-state index in [9.17, 15) is 13.2 Å². The van der Waals surface area contributed by atoms with Crippen LogP contribution in [-0.4, -0.2) is 56.3 Å². The third-order valence-electron chi connectivity index (χ3n) is 6.24. The highest BCUT2D eigenvalue weighted by Gasteiger charge is 2.45. The molecule has 1 saturated heterocycles. The van der Waals surface area contributed by atoms with Crippen LogP contribution < -0.4 is 4.74 Å². The first-order valence-corrected chi connectivity index (χ1v) is 11.8. The number of para-hydroxylation sites is 1. The minimum Gasteiger partial charge on any atom is -0.487 e. The predicted octanol–water partition coefficient (Wildman–Crippen LogP) is 3.25. The maximum absolute atomic E-state index is 13.0. The number of benzene rings is 2. The van der Waals surface area contributed by atoms with E-state index in [1.165, 1.54) is 0 Å². The summed E-state index contributed by atoms with van der Waals surface area (Å²) >= 11 is 0. The maximum atomic E-state index is 13.0. The normalized spacial score (nSPS) is 20.9. The van der Waals surface area contributed by atoms with Gasteiger partial charge in [0.05, 0.1) is 4.90 Å². The highest BCUT2D eigenvalue weighted by Crippen LogP contribution is 2.47. The average Bonchev–Trinajstić information content (AvgIpc) is 2.74. The largest absolute Gasteiger partial charge is 0.487 e. The number of fused-ring (bicyclic) bond motifs is 1. The van der Waals surface area contributed by atoms with Gasteiger partial charge in [-0.05, 0) is 30.2 Å². The van der Waals surface area contributed by atoms with E-state index in [4.69, 9.17) is 4.74 Å². The summed E-state index contributed by atoms with van der Waals surface area (Å²) in [7, 11) is 0.0435. The molecule has 0 radical (unpaired) electrons. The van der Waals surface area contributed by atoms with Gasteiger partial charge < -0.3 is 9.64 Å². The molecule has 160 valence electrons. The molecule has 0 N–H and O–H groups in total. The van der Waals surface area contributed by atoms with Crippen LogP contribution in [0.25, 0.3) is 0 Å². The van der Waals surface area contributed by atoms with Gasteiger partial charge in [0.15, 0.2) is 0 Å². The number of ether oxygens (including phenoxy) is 1. The van der Waals surface area contributed by atoms with E-state index in [1.54, 1.807) is 47.6 Å². The summed E-state index contributed by atoms with van der Waals surface area (Å²) < 4.78 is 34.0. The smallest absolute Gasteiger partial charge is 0.243 e. The van der Waals surface area contributed by atoms with Gasteiger partial charge in [-0.3, -0.25) is 4.79 Å². The zero-order valence-electron chi connectivity index (χ0n) is 17.5. The molecule has 0 saturated carbocycles. The molecular weight excluding hydrogens is 400 g/mol. The molecule has 2 aromatic rings. The molecule has 1 fully saturated rings. The average molecular weight is 429 g/mol. The Morgan fingerprint density at radius 2 is 1.70 bits per heavy atom. The quantitative estimate of drug-likeness (QED) is 0.750. The number of piperidine rings is 1. The first kappa shape index (κ1) is 20.9. The monoisotopic (exact) mass is 428 g/mol. The zero-order valence-corrected chi connectivity index (χ0v) is 18.3. The molecule has 2 aromatic carbocycles. The van der Waals surface area contributed by atoms with E-state index < -0.39 is 15.6 Å². The molecule has 7 heteroatoms. The molecule has 6 nitrogen and oxygen atoms in total. The standard InChI is InChI=1S/C23H28N2O4S/c1-24(2)22(26)16-18-17-23(29-21-11-7-6-10-20(18)21)12-14-25(15-13-23)30(27,28)19-8-4-3-5-9-19/h3-11,18H,12-17H2,1-2H3/t18-/m0/s1. The minimum absolute atomic E-state index is 0.0714. The summed E-state index contributed by atoms with van der Waals surface area (Å²) in [6.07, 6.45) is 2.38. The fraction of sp³-hybridized carbons (Fsp3) is 0.435. The lowest BCUT2D eigenvalue weighted by molar-refractivity contribution is -0.129. The van der Waals surface area contributed by atoms with Crippen LogP contribution in [0.5, 0.6) is 5.75 Å². The van der Waals surface area contributed by atoms with Crippen molar-refractivity contribution in [2.45, 2.75) is 42.1 Å². The van der Waals surface area contributed by atoms with Crippen LogP contribution in [0.4, 0.5) is 0 Å². The Morgan fingerprint density at radius 3 is 2.37 bits per heavy atom. The Kier molecular flexibility index (Phi) is 5.59. The number of rotatable bonds is 4. The van der Waals surface area contributed by atoms with Gasteiger partial charge >= 0.3 is 0 Å². The molecule has 0 aliphatic carbocycles. The summed E-state index contributed by atoms with van der Waals surface area (Å²) in [4.78, 5) is 14.4. The fourth-order valence-electron chi connectivity index (χ4n) is 4.50. The van der Waals surface area contributed by atoms with E-state index in [0.717, 1.165) is 17.7 Å². The van der Waals surface area contributed by atoms with Gasteiger partial charge in [-0.15, -0.1) is 0 Å². The number of amides is 1. The molecular formula is C23H28N2O4S. The van der Waals surface area contributed by atoms with Gasteiger partial charge in [-0.25, -0.2) is 8.42 Å². The molecule has 0 unspecified atom stereocenters. The van der Waals surface area contributed by atoms with Crippen LogP contribution in [0.15, 0.2) is 59.5 Å². The second-order valence-corrected chi connectivity index (χ2v) is 10.4. The van der Waals surface area contributed by atoms with Crippen LogP contribution in [0, 0.1) is 0 Å². The fourth-order valence-corrected chi connectivity index (χ4v) is 5.96. The van der Waals surface area contributed by atoms with E-state index >= 15 is 0 Å². The van der Waals surface area contributed by atoms with Crippen molar-refractivity contribution in [3.63, 3.8) is 0 Å². The van der Waals surface area contributed by atoms with Gasteiger partial charge in [-0.1, -0.05) is 36.4 Å². The SMILES string of the molecule is CN(C)C(=O)C[C@H]1CC2(CCN(S(=O)(=O)c3ccccc3)CC2)Oc2ccccc21. The molecule has 1 amide bonds. The predicted molar refractivity (Wildman–Crippen MR) is 115 cm³/mol. The Hall–Kier alpha value is -2.38. The van der Waals surface area contributed by atoms with E-state index in [-0.39, 0.29) is 11.8 Å². The lowest BCUT2D eigenvalue weighted by Gasteiger charge is -2.46. The van der Waals surface area contributed by atoms with E-state index in [2.05, 4.69) is 0 Å². The Labute approximate surface area is 178 Å². The lowest BCUT2D eigenvalue weighted by atomic mass is 9.76. The molecule has 2 heterocycles. The highest BCUT2D eigenvalue weighted by atomic mass is 32.2. The van der Waals surface area contributed by atoms with Crippen molar-refractivity contribution in [2.75, 3.05) is 27.2 Å². The topological polar surface area (TPSA) is 66.9 Å². The van der Waals surface area contributed by atoms with Gasteiger partial charge in [0.25, 0.3) is 0 Å². The van der Waals surface area contributed by atoms with Crippen LogP contribution in [0.3, 0.4) is 0 Å². The van der Waals surface area contributed by atoms with Crippen molar-refractivity contribution in [3.05, 3.63) is 60.2 Å². The summed E-state index contributed by atoms with van der Waals surface area (Å²) in [5.41, 5.74) is 0.631. The molecule has 2 aliphatic rings. The summed E-state index contributed by atoms with van der Waals surface area (Å²) in [5.74, 6) is 0.984. The lowest BCUT2D eigenvalue weighted by Crippen LogP contribution is -2.52. The second-order valence-electron chi connectivity index (χ2n) is 8.43. The van der Waals surface area contributed by atoms with Crippen molar-refractivity contribution >= 4 is 15.9 Å². The Morgan fingerprint density at radius 1 is 1.07 bits per heavy atom. The van der Waals surface area contributed by atoms with Gasteiger partial charge in [0.1, 0.15) is 11.4 Å². The highest BCUT2D eigenvalue weighted by molar-refractivity contribution is 7.89. The van der Waals surface area contributed by atoms with E-state index in [1.807, 2.05) is 30.3 Å². The second kappa shape index (κ2) is 8.04. The maximum Gasteiger partial charge on any atom is 0.243 e. The van der Waals surface area contributed by atoms with Gasteiger partial charge in [0.2, 0.25) is 15.9 Å². The Bertz CT molecular complexity index is 1010. The van der Waals surface area contributed by atoms with Crippen molar-refractivity contribution in [3.8, 4) is 5.75 Å². The summed E-state index contributed by atoms with van der Waals surface area (Å²) in [6.45, 7) is 0.821. The third kappa shape index (κ3) is 3.96. The first-order valence-electron chi connectivity index (χ1n) is 10.3. The van der Waals surface area contributed by atoms with Crippen molar-refractivity contribution < 1.29 is 17.9 Å². The minimum atomic E-state index is -3.50. The van der Waals surface area contributed by atoms with Crippen molar-refractivity contribution in [1.82, 2.24) is 9.21 Å². The summed E-state index contributed by atoms with van der Waals surface area (Å²) in [6, 6.07) is 16.5. The first-order chi connectivity index (χ1) is 14.3. The number of carbonyl (C=O) groups is 1. The summed E-state index contributed by atoms with van der Waals surface area (Å²) in [5, 5.41) is 0. The van der Waals surface area contributed by atoms with Crippen LogP contribution in [0.1, 0.15) is 37.2 Å².